The second-order valence-electron chi connectivity index (χ2n) is 3.03. The molecule has 86 valence electrons. The molecule has 0 saturated heterocycles. The van der Waals surface area contributed by atoms with Gasteiger partial charge in [-0.25, -0.2) is 4.39 Å². The standard InChI is InChI=1S/C10H10FNO4/c1-16-7-3-2-5(4-6(7)11)9(13)8(12)10(14)15/h2-4,8H,12H2,1H3,(H,14,15). The van der Waals surface area contributed by atoms with Crippen molar-refractivity contribution >= 4 is 11.8 Å². The summed E-state index contributed by atoms with van der Waals surface area (Å²) in [6.45, 7) is 0. The Morgan fingerprint density at radius 1 is 1.50 bits per heavy atom. The molecule has 0 bridgehead atoms. The van der Waals surface area contributed by atoms with E-state index in [-0.39, 0.29) is 11.3 Å². The maximum atomic E-state index is 13.2. The lowest BCUT2D eigenvalue weighted by Gasteiger charge is -2.07. The van der Waals surface area contributed by atoms with Crippen LogP contribution in [0.1, 0.15) is 10.4 Å². The van der Waals surface area contributed by atoms with Crippen molar-refractivity contribution in [3.8, 4) is 5.75 Å². The molecule has 0 amide bonds. The zero-order valence-electron chi connectivity index (χ0n) is 8.44. The summed E-state index contributed by atoms with van der Waals surface area (Å²) in [7, 11) is 1.28. The van der Waals surface area contributed by atoms with Crippen molar-refractivity contribution in [2.75, 3.05) is 7.11 Å². The summed E-state index contributed by atoms with van der Waals surface area (Å²) in [6, 6.07) is 1.70. The molecule has 0 spiro atoms. The highest BCUT2D eigenvalue weighted by Crippen LogP contribution is 2.18. The maximum absolute atomic E-state index is 13.2. The first-order valence-electron chi connectivity index (χ1n) is 4.33. The van der Waals surface area contributed by atoms with Crippen LogP contribution in [0.3, 0.4) is 0 Å². The fourth-order valence-electron chi connectivity index (χ4n) is 1.11. The highest BCUT2D eigenvalue weighted by molar-refractivity contribution is 6.11. The van der Waals surface area contributed by atoms with Crippen LogP contribution in [0, 0.1) is 5.82 Å². The Morgan fingerprint density at radius 2 is 2.12 bits per heavy atom. The van der Waals surface area contributed by atoms with Crippen LogP contribution in [0.2, 0.25) is 0 Å². The average Bonchev–Trinajstić information content (AvgIpc) is 2.26. The molecule has 0 fully saturated rings. The molecule has 5 nitrogen and oxygen atoms in total. The molecule has 6 heteroatoms. The summed E-state index contributed by atoms with van der Waals surface area (Å²) in [5, 5.41) is 8.52. The fraction of sp³-hybridized carbons (Fsp3) is 0.200. The number of Topliss-reactive ketones (excluding diaryl/α,β-unsaturated/α-hetero) is 1. The molecule has 1 unspecified atom stereocenters. The van der Waals surface area contributed by atoms with Gasteiger partial charge in [-0.3, -0.25) is 9.59 Å². The Balaban J connectivity index is 3.02. The van der Waals surface area contributed by atoms with E-state index in [0.29, 0.717) is 0 Å². The van der Waals surface area contributed by atoms with Gasteiger partial charge in [0.2, 0.25) is 0 Å². The number of halogens is 1. The zero-order chi connectivity index (χ0) is 12.3. The predicted molar refractivity (Wildman–Crippen MR) is 52.9 cm³/mol. The summed E-state index contributed by atoms with van der Waals surface area (Å²) in [6.07, 6.45) is 0. The van der Waals surface area contributed by atoms with E-state index < -0.39 is 23.6 Å². The van der Waals surface area contributed by atoms with E-state index in [0.717, 1.165) is 6.07 Å². The lowest BCUT2D eigenvalue weighted by atomic mass is 10.0. The van der Waals surface area contributed by atoms with Crippen LogP contribution in [-0.2, 0) is 4.79 Å². The number of methoxy groups -OCH3 is 1. The zero-order valence-corrected chi connectivity index (χ0v) is 8.44. The quantitative estimate of drug-likeness (QED) is 0.575. The third-order valence-corrected chi connectivity index (χ3v) is 1.98. The number of rotatable bonds is 4. The molecule has 1 aromatic carbocycles. The van der Waals surface area contributed by atoms with Gasteiger partial charge in [0.25, 0.3) is 0 Å². The van der Waals surface area contributed by atoms with Crippen LogP contribution in [0.25, 0.3) is 0 Å². The number of ether oxygens (including phenoxy) is 1. The van der Waals surface area contributed by atoms with Crippen LogP contribution < -0.4 is 10.5 Å². The third kappa shape index (κ3) is 2.34. The van der Waals surface area contributed by atoms with Crippen molar-refractivity contribution in [3.63, 3.8) is 0 Å². The van der Waals surface area contributed by atoms with E-state index in [9.17, 15) is 14.0 Å². The van der Waals surface area contributed by atoms with Gasteiger partial charge in [0, 0.05) is 5.56 Å². The first kappa shape index (κ1) is 12.1. The molecule has 1 atom stereocenters. The van der Waals surface area contributed by atoms with Crippen LogP contribution >= 0.6 is 0 Å². The van der Waals surface area contributed by atoms with Crippen molar-refractivity contribution in [1.29, 1.82) is 0 Å². The van der Waals surface area contributed by atoms with E-state index in [1.165, 1.54) is 19.2 Å². The van der Waals surface area contributed by atoms with Crippen LogP contribution in [0.5, 0.6) is 5.75 Å². The number of aliphatic carboxylic acids is 1. The summed E-state index contributed by atoms with van der Waals surface area (Å²) < 4.78 is 17.9. The van der Waals surface area contributed by atoms with Gasteiger partial charge < -0.3 is 15.6 Å². The van der Waals surface area contributed by atoms with Gasteiger partial charge in [0.1, 0.15) is 0 Å². The number of ketones is 1. The van der Waals surface area contributed by atoms with E-state index in [1.54, 1.807) is 0 Å². The summed E-state index contributed by atoms with van der Waals surface area (Å²) in [4.78, 5) is 21.9. The molecular formula is C10H10FNO4. The summed E-state index contributed by atoms with van der Waals surface area (Å²) in [5.41, 5.74) is 5.01. The van der Waals surface area contributed by atoms with Crippen molar-refractivity contribution in [2.45, 2.75) is 6.04 Å². The number of hydrogen-bond acceptors (Lipinski definition) is 4. The van der Waals surface area contributed by atoms with Crippen molar-refractivity contribution < 1.29 is 23.8 Å². The molecule has 1 aromatic rings. The van der Waals surface area contributed by atoms with Gasteiger partial charge in [0.05, 0.1) is 7.11 Å². The minimum Gasteiger partial charge on any atom is -0.494 e. The van der Waals surface area contributed by atoms with E-state index >= 15 is 0 Å². The normalized spacial score (nSPS) is 11.9. The number of carboxylic acid groups (broad SMARTS) is 1. The van der Waals surface area contributed by atoms with Gasteiger partial charge in [-0.15, -0.1) is 0 Å². The van der Waals surface area contributed by atoms with Crippen LogP contribution in [-0.4, -0.2) is 30.0 Å². The predicted octanol–water partition coefficient (Wildman–Crippen LogP) is 0.429. The van der Waals surface area contributed by atoms with Crippen LogP contribution in [0.4, 0.5) is 4.39 Å². The number of nitrogens with two attached hydrogens (primary N) is 1. The van der Waals surface area contributed by atoms with Crippen LogP contribution in [0.15, 0.2) is 18.2 Å². The van der Waals surface area contributed by atoms with Gasteiger partial charge in [-0.1, -0.05) is 0 Å². The fourth-order valence-corrected chi connectivity index (χ4v) is 1.11. The number of carbonyl (C=O) groups is 2. The van der Waals surface area contributed by atoms with Gasteiger partial charge in [-0.2, -0.15) is 0 Å². The van der Waals surface area contributed by atoms with Gasteiger partial charge in [-0.05, 0) is 18.2 Å². The Kier molecular flexibility index (Phi) is 3.57. The van der Waals surface area contributed by atoms with Crippen molar-refractivity contribution in [1.82, 2.24) is 0 Å². The summed E-state index contributed by atoms with van der Waals surface area (Å²) >= 11 is 0. The number of benzene rings is 1. The smallest absolute Gasteiger partial charge is 0.328 e. The second-order valence-corrected chi connectivity index (χ2v) is 3.03. The molecule has 0 aliphatic carbocycles. The number of carbonyl (C=O) groups excluding carboxylic acids is 1. The molecule has 16 heavy (non-hydrogen) atoms. The Bertz CT molecular complexity index is 433. The Morgan fingerprint density at radius 3 is 2.56 bits per heavy atom. The van der Waals surface area contributed by atoms with E-state index in [2.05, 4.69) is 4.74 Å². The van der Waals surface area contributed by atoms with Crippen molar-refractivity contribution in [2.24, 2.45) is 5.73 Å². The first-order valence-corrected chi connectivity index (χ1v) is 4.33. The SMILES string of the molecule is COc1ccc(C(=O)C(N)C(=O)O)cc1F. The third-order valence-electron chi connectivity index (χ3n) is 1.98. The Labute approximate surface area is 90.6 Å². The molecule has 1 rings (SSSR count). The average molecular weight is 227 g/mol. The molecule has 0 radical (unpaired) electrons. The highest BCUT2D eigenvalue weighted by atomic mass is 19.1. The van der Waals surface area contributed by atoms with Gasteiger partial charge >= 0.3 is 5.97 Å². The van der Waals surface area contributed by atoms with E-state index in [1.807, 2.05) is 0 Å². The molecule has 0 aliphatic heterocycles. The largest absolute Gasteiger partial charge is 0.494 e. The number of hydrogen-bond donors (Lipinski definition) is 2. The summed E-state index contributed by atoms with van der Waals surface area (Å²) in [5.74, 6) is -3.08. The molecule has 0 saturated carbocycles. The lowest BCUT2D eigenvalue weighted by molar-refractivity contribution is -0.137. The minimum atomic E-state index is -1.69. The highest BCUT2D eigenvalue weighted by Gasteiger charge is 2.23. The monoisotopic (exact) mass is 227 g/mol. The molecule has 0 heterocycles. The molecule has 0 aromatic heterocycles. The van der Waals surface area contributed by atoms with Gasteiger partial charge in [0.15, 0.2) is 23.4 Å². The van der Waals surface area contributed by atoms with Crippen molar-refractivity contribution in [3.05, 3.63) is 29.6 Å². The first-order chi connectivity index (χ1) is 7.47. The minimum absolute atomic E-state index is 0.0274. The van der Waals surface area contributed by atoms with E-state index in [4.69, 9.17) is 10.8 Å². The molecular weight excluding hydrogens is 217 g/mol. The Hall–Kier alpha value is -1.95. The molecule has 3 N–H and O–H groups in total. The maximum Gasteiger partial charge on any atom is 0.328 e. The number of carboxylic acids is 1. The molecule has 0 aliphatic rings. The lowest BCUT2D eigenvalue weighted by Crippen LogP contribution is -2.38. The topological polar surface area (TPSA) is 89.6 Å². The second kappa shape index (κ2) is 4.71.